The molecule has 5 heteroatoms. The van der Waals surface area contributed by atoms with Crippen molar-refractivity contribution < 1.29 is 9.53 Å². The Morgan fingerprint density at radius 3 is 3.10 bits per heavy atom. The molecule has 20 heavy (non-hydrogen) atoms. The molecule has 4 nitrogen and oxygen atoms in total. The highest BCUT2D eigenvalue weighted by molar-refractivity contribution is 6.30. The van der Waals surface area contributed by atoms with Crippen LogP contribution in [-0.2, 0) is 4.79 Å². The van der Waals surface area contributed by atoms with Gasteiger partial charge in [0.25, 0.3) is 0 Å². The van der Waals surface area contributed by atoms with E-state index in [1.165, 1.54) is 0 Å². The van der Waals surface area contributed by atoms with Gasteiger partial charge >= 0.3 is 0 Å². The van der Waals surface area contributed by atoms with E-state index in [0.29, 0.717) is 18.2 Å². The van der Waals surface area contributed by atoms with Gasteiger partial charge in [0.1, 0.15) is 12.4 Å². The van der Waals surface area contributed by atoms with E-state index in [4.69, 9.17) is 16.3 Å². The third-order valence-corrected chi connectivity index (χ3v) is 3.75. The first-order chi connectivity index (χ1) is 9.66. The number of amides is 1. The van der Waals surface area contributed by atoms with Crippen molar-refractivity contribution in [3.63, 3.8) is 0 Å². The highest BCUT2D eigenvalue weighted by atomic mass is 35.5. The summed E-state index contributed by atoms with van der Waals surface area (Å²) in [5.41, 5.74) is 0. The number of nitrogens with one attached hydrogen (secondary N) is 1. The monoisotopic (exact) mass is 296 g/mol. The molecule has 1 saturated heterocycles. The molecule has 1 N–H and O–H groups in total. The van der Waals surface area contributed by atoms with Crippen LogP contribution in [0.3, 0.4) is 0 Å². The molecule has 1 aliphatic heterocycles. The summed E-state index contributed by atoms with van der Waals surface area (Å²) in [6.45, 7) is 2.87. The van der Waals surface area contributed by atoms with E-state index in [9.17, 15) is 4.79 Å². The summed E-state index contributed by atoms with van der Waals surface area (Å²) < 4.78 is 5.60. The second-order valence-corrected chi connectivity index (χ2v) is 5.55. The van der Waals surface area contributed by atoms with Crippen LogP contribution in [0.25, 0.3) is 0 Å². The van der Waals surface area contributed by atoms with E-state index < -0.39 is 0 Å². The normalized spacial score (nSPS) is 18.6. The van der Waals surface area contributed by atoms with Crippen molar-refractivity contribution in [1.82, 2.24) is 10.2 Å². The summed E-state index contributed by atoms with van der Waals surface area (Å²) in [7, 11) is 1.83. The van der Waals surface area contributed by atoms with Crippen molar-refractivity contribution >= 4 is 17.5 Å². The number of carbonyl (C=O) groups excluding carboxylic acids is 1. The van der Waals surface area contributed by atoms with E-state index in [0.717, 1.165) is 31.7 Å². The summed E-state index contributed by atoms with van der Waals surface area (Å²) in [5, 5.41) is 3.92. The summed E-state index contributed by atoms with van der Waals surface area (Å²) in [6, 6.07) is 7.29. The third-order valence-electron chi connectivity index (χ3n) is 3.51. The van der Waals surface area contributed by atoms with Crippen LogP contribution in [0.2, 0.25) is 5.02 Å². The molecule has 0 radical (unpaired) electrons. The van der Waals surface area contributed by atoms with Gasteiger partial charge in [-0.1, -0.05) is 17.7 Å². The molecule has 0 saturated carbocycles. The van der Waals surface area contributed by atoms with Gasteiger partial charge in [-0.3, -0.25) is 4.79 Å². The van der Waals surface area contributed by atoms with Gasteiger partial charge in [0.2, 0.25) is 5.91 Å². The van der Waals surface area contributed by atoms with Gasteiger partial charge in [-0.15, -0.1) is 0 Å². The Morgan fingerprint density at radius 1 is 1.55 bits per heavy atom. The van der Waals surface area contributed by atoms with Crippen molar-refractivity contribution in [3.8, 4) is 5.75 Å². The maximum atomic E-state index is 12.2. The lowest BCUT2D eigenvalue weighted by Gasteiger charge is -2.27. The fraction of sp³-hybridized carbons (Fsp3) is 0.533. The van der Waals surface area contributed by atoms with Gasteiger partial charge in [-0.05, 0) is 37.6 Å². The minimum absolute atomic E-state index is 0.111. The standard InChI is InChI=1S/C15H21ClN2O2/c1-18(15(19)12-4-3-7-17-11-12)8-9-20-14-6-2-5-13(16)10-14/h2,5-6,10,12,17H,3-4,7-9,11H2,1H3/t12-/m1/s1. The van der Waals surface area contributed by atoms with Crippen molar-refractivity contribution in [2.45, 2.75) is 12.8 Å². The van der Waals surface area contributed by atoms with Crippen LogP contribution in [0.15, 0.2) is 24.3 Å². The van der Waals surface area contributed by atoms with Crippen LogP contribution in [0, 0.1) is 5.92 Å². The van der Waals surface area contributed by atoms with Crippen LogP contribution in [0.4, 0.5) is 0 Å². The zero-order valence-corrected chi connectivity index (χ0v) is 12.5. The lowest BCUT2D eigenvalue weighted by atomic mass is 9.98. The average molecular weight is 297 g/mol. The molecule has 2 rings (SSSR count). The number of ether oxygens (including phenoxy) is 1. The molecule has 1 aliphatic rings. The zero-order valence-electron chi connectivity index (χ0n) is 11.8. The lowest BCUT2D eigenvalue weighted by molar-refractivity contribution is -0.135. The molecular weight excluding hydrogens is 276 g/mol. The Kier molecular flexibility index (Phi) is 5.68. The highest BCUT2D eigenvalue weighted by Crippen LogP contribution is 2.17. The van der Waals surface area contributed by atoms with E-state index in [1.807, 2.05) is 19.2 Å². The molecule has 0 aliphatic carbocycles. The first-order valence-corrected chi connectivity index (χ1v) is 7.38. The first-order valence-electron chi connectivity index (χ1n) is 7.01. The van der Waals surface area contributed by atoms with Gasteiger partial charge in [0.15, 0.2) is 0 Å². The first kappa shape index (κ1) is 15.1. The number of hydrogen-bond donors (Lipinski definition) is 1. The fourth-order valence-corrected chi connectivity index (χ4v) is 2.52. The number of halogens is 1. The maximum absolute atomic E-state index is 12.2. The fourth-order valence-electron chi connectivity index (χ4n) is 2.34. The van der Waals surface area contributed by atoms with Crippen LogP contribution < -0.4 is 10.1 Å². The number of carbonyl (C=O) groups is 1. The number of nitrogens with zero attached hydrogens (tertiary/aromatic N) is 1. The Morgan fingerprint density at radius 2 is 2.40 bits per heavy atom. The topological polar surface area (TPSA) is 41.6 Å². The second-order valence-electron chi connectivity index (χ2n) is 5.11. The van der Waals surface area contributed by atoms with Gasteiger partial charge < -0.3 is 15.0 Å². The summed E-state index contributed by atoms with van der Waals surface area (Å²) in [4.78, 5) is 14.0. The predicted octanol–water partition coefficient (Wildman–Crippen LogP) is 2.18. The lowest BCUT2D eigenvalue weighted by Crippen LogP contribution is -2.42. The minimum atomic E-state index is 0.111. The minimum Gasteiger partial charge on any atom is -0.492 e. The van der Waals surface area contributed by atoms with E-state index in [1.54, 1.807) is 17.0 Å². The Labute approximate surface area is 125 Å². The zero-order chi connectivity index (χ0) is 14.4. The van der Waals surface area contributed by atoms with Crippen molar-refractivity contribution in [2.24, 2.45) is 5.92 Å². The Hall–Kier alpha value is -1.26. The summed E-state index contributed by atoms with van der Waals surface area (Å²) in [5.74, 6) is 1.05. The van der Waals surface area contributed by atoms with Gasteiger partial charge in [0, 0.05) is 18.6 Å². The Balaban J connectivity index is 1.74. The number of likely N-dealkylation sites (N-methyl/N-ethyl adjacent to an activating group) is 1. The number of benzene rings is 1. The highest BCUT2D eigenvalue weighted by Gasteiger charge is 2.23. The molecule has 110 valence electrons. The molecule has 0 unspecified atom stereocenters. The van der Waals surface area contributed by atoms with Crippen LogP contribution >= 0.6 is 11.6 Å². The molecular formula is C15H21ClN2O2. The molecule has 1 atom stereocenters. The largest absolute Gasteiger partial charge is 0.492 e. The van der Waals surface area contributed by atoms with E-state index in [-0.39, 0.29) is 11.8 Å². The number of rotatable bonds is 5. The molecule has 1 amide bonds. The summed E-state index contributed by atoms with van der Waals surface area (Å²) in [6.07, 6.45) is 2.05. The SMILES string of the molecule is CN(CCOc1cccc(Cl)c1)C(=O)[C@@H]1CCCNC1. The van der Waals surface area contributed by atoms with E-state index in [2.05, 4.69) is 5.32 Å². The maximum Gasteiger partial charge on any atom is 0.226 e. The second kappa shape index (κ2) is 7.50. The van der Waals surface area contributed by atoms with Crippen LogP contribution in [0.5, 0.6) is 5.75 Å². The smallest absolute Gasteiger partial charge is 0.226 e. The summed E-state index contributed by atoms with van der Waals surface area (Å²) >= 11 is 5.89. The van der Waals surface area contributed by atoms with Gasteiger partial charge in [-0.25, -0.2) is 0 Å². The molecule has 1 aromatic rings. The average Bonchev–Trinajstić information content (AvgIpc) is 2.47. The number of piperidine rings is 1. The quantitative estimate of drug-likeness (QED) is 0.905. The van der Waals surface area contributed by atoms with Crippen molar-refractivity contribution in [2.75, 3.05) is 33.3 Å². The van der Waals surface area contributed by atoms with Crippen LogP contribution in [-0.4, -0.2) is 44.1 Å². The Bertz CT molecular complexity index is 447. The molecule has 0 aromatic heterocycles. The molecule has 1 fully saturated rings. The van der Waals surface area contributed by atoms with E-state index >= 15 is 0 Å². The molecule has 1 heterocycles. The molecule has 0 bridgehead atoms. The van der Waals surface area contributed by atoms with Gasteiger partial charge in [0.05, 0.1) is 12.5 Å². The molecule has 1 aromatic carbocycles. The van der Waals surface area contributed by atoms with Crippen molar-refractivity contribution in [1.29, 1.82) is 0 Å². The molecule has 0 spiro atoms. The van der Waals surface area contributed by atoms with Crippen LogP contribution in [0.1, 0.15) is 12.8 Å². The number of hydrogen-bond acceptors (Lipinski definition) is 3. The third kappa shape index (κ3) is 4.39. The predicted molar refractivity (Wildman–Crippen MR) is 80.2 cm³/mol. The van der Waals surface area contributed by atoms with Crippen molar-refractivity contribution in [3.05, 3.63) is 29.3 Å². The van der Waals surface area contributed by atoms with Gasteiger partial charge in [-0.2, -0.15) is 0 Å².